The third-order valence-corrected chi connectivity index (χ3v) is 8.46. The zero-order valence-electron chi connectivity index (χ0n) is 20.7. The molecule has 38 heavy (non-hydrogen) atoms. The maximum Gasteiger partial charge on any atom is 0.410 e. The quantitative estimate of drug-likeness (QED) is 0.331. The van der Waals surface area contributed by atoms with Gasteiger partial charge in [-0.05, 0) is 43.2 Å². The number of fused-ring (bicyclic) bond motifs is 2. The van der Waals surface area contributed by atoms with Crippen molar-refractivity contribution in [2.24, 2.45) is 5.92 Å². The van der Waals surface area contributed by atoms with Gasteiger partial charge in [0.15, 0.2) is 11.7 Å². The van der Waals surface area contributed by atoms with E-state index in [1.54, 1.807) is 37.3 Å². The largest absolute Gasteiger partial charge is 0.462 e. The molecule has 0 fully saturated rings. The summed E-state index contributed by atoms with van der Waals surface area (Å²) >= 11 is 7.76. The molecule has 3 heterocycles. The van der Waals surface area contributed by atoms with E-state index in [9.17, 15) is 22.8 Å². The van der Waals surface area contributed by atoms with E-state index in [4.69, 9.17) is 16.3 Å². The molecule has 0 unspecified atom stereocenters. The maximum atomic E-state index is 14.1. The molecular weight excluding hydrogens is 541 g/mol. The number of anilines is 2. The van der Waals surface area contributed by atoms with Crippen LogP contribution < -0.4 is 10.6 Å². The summed E-state index contributed by atoms with van der Waals surface area (Å²) in [4.78, 5) is 27.1. The number of nitrogens with one attached hydrogen (secondary N) is 2. The molecule has 2 aliphatic rings. The van der Waals surface area contributed by atoms with Crippen LogP contribution in [0, 0.1) is 5.92 Å². The molecule has 5 rings (SSSR count). The Balaban J connectivity index is 1.50. The van der Waals surface area contributed by atoms with Crippen LogP contribution in [0.5, 0.6) is 0 Å². The van der Waals surface area contributed by atoms with Crippen LogP contribution in [0.4, 0.5) is 24.0 Å². The number of benzene rings is 1. The van der Waals surface area contributed by atoms with E-state index in [0.29, 0.717) is 23.5 Å². The van der Waals surface area contributed by atoms with E-state index < -0.39 is 30.1 Å². The molecule has 1 aliphatic heterocycles. The highest BCUT2D eigenvalue weighted by Crippen LogP contribution is 2.46. The SMILES string of the molecule is CCOC(=O)c1c(NC(=O)c2nn3c(c2Cl)N[C@H](c2ccccc2)C[C@@H]3C(F)(F)F)sc2c1CC[C@@H](C)C2. The average Bonchev–Trinajstić information content (AvgIpc) is 3.40. The van der Waals surface area contributed by atoms with E-state index in [1.165, 1.54) is 11.3 Å². The van der Waals surface area contributed by atoms with Gasteiger partial charge in [0.2, 0.25) is 0 Å². The third kappa shape index (κ3) is 4.89. The lowest BCUT2D eigenvalue weighted by molar-refractivity contribution is -0.173. The predicted molar refractivity (Wildman–Crippen MR) is 139 cm³/mol. The Hall–Kier alpha value is -3.05. The number of alkyl halides is 3. The molecule has 202 valence electrons. The summed E-state index contributed by atoms with van der Waals surface area (Å²) in [7, 11) is 0. The van der Waals surface area contributed by atoms with E-state index in [0.717, 1.165) is 28.0 Å². The summed E-state index contributed by atoms with van der Waals surface area (Å²) in [6, 6.07) is 6.07. The first-order valence-electron chi connectivity index (χ1n) is 12.4. The molecule has 2 aromatic heterocycles. The molecule has 0 spiro atoms. The normalized spacial score (nSPS) is 20.7. The first kappa shape index (κ1) is 26.6. The molecule has 0 saturated heterocycles. The van der Waals surface area contributed by atoms with Gasteiger partial charge < -0.3 is 15.4 Å². The van der Waals surface area contributed by atoms with Crippen molar-refractivity contribution in [1.82, 2.24) is 9.78 Å². The minimum Gasteiger partial charge on any atom is -0.462 e. The molecule has 1 amide bonds. The molecular formula is C26H26ClF3N4O3S. The molecule has 3 atom stereocenters. The molecule has 3 aromatic rings. The van der Waals surface area contributed by atoms with Crippen molar-refractivity contribution in [2.75, 3.05) is 17.2 Å². The Bertz CT molecular complexity index is 1370. The summed E-state index contributed by atoms with van der Waals surface area (Å²) in [5, 5.41) is 9.80. The zero-order chi connectivity index (χ0) is 27.2. The second-order valence-corrected chi connectivity index (χ2v) is 11.1. The third-order valence-electron chi connectivity index (χ3n) is 6.93. The summed E-state index contributed by atoms with van der Waals surface area (Å²) in [6.07, 6.45) is -2.60. The van der Waals surface area contributed by atoms with Crippen molar-refractivity contribution in [3.8, 4) is 0 Å². The summed E-state index contributed by atoms with van der Waals surface area (Å²) < 4.78 is 48.3. The van der Waals surface area contributed by atoms with E-state index >= 15 is 0 Å². The summed E-state index contributed by atoms with van der Waals surface area (Å²) in [6.45, 7) is 3.98. The Morgan fingerprint density at radius 2 is 2.03 bits per heavy atom. The van der Waals surface area contributed by atoms with Crippen LogP contribution in [0.3, 0.4) is 0 Å². The van der Waals surface area contributed by atoms with Gasteiger partial charge in [0.1, 0.15) is 15.8 Å². The second kappa shape index (κ2) is 10.3. The highest BCUT2D eigenvalue weighted by Gasteiger charge is 2.48. The van der Waals surface area contributed by atoms with E-state index in [1.807, 2.05) is 0 Å². The van der Waals surface area contributed by atoms with Gasteiger partial charge >= 0.3 is 12.1 Å². The van der Waals surface area contributed by atoms with Crippen molar-refractivity contribution in [3.63, 3.8) is 0 Å². The van der Waals surface area contributed by atoms with E-state index in [-0.39, 0.29) is 34.6 Å². The van der Waals surface area contributed by atoms with Gasteiger partial charge in [0.05, 0.1) is 18.2 Å². The number of thiophene rings is 1. The fourth-order valence-electron chi connectivity index (χ4n) is 5.06. The Kier molecular flexibility index (Phi) is 7.17. The molecule has 1 aliphatic carbocycles. The molecule has 1 aromatic carbocycles. The van der Waals surface area contributed by atoms with Gasteiger partial charge in [0.25, 0.3) is 5.91 Å². The Morgan fingerprint density at radius 1 is 1.29 bits per heavy atom. The number of nitrogens with zero attached hydrogens (tertiary/aromatic N) is 2. The van der Waals surface area contributed by atoms with Gasteiger partial charge in [-0.15, -0.1) is 11.3 Å². The zero-order valence-corrected chi connectivity index (χ0v) is 22.3. The minimum atomic E-state index is -4.62. The number of hydrogen-bond acceptors (Lipinski definition) is 6. The highest BCUT2D eigenvalue weighted by molar-refractivity contribution is 7.17. The molecule has 0 saturated carbocycles. The second-order valence-electron chi connectivity index (χ2n) is 9.59. The van der Waals surface area contributed by atoms with Crippen LogP contribution in [0.2, 0.25) is 5.02 Å². The van der Waals surface area contributed by atoms with Crippen LogP contribution in [-0.4, -0.2) is 34.4 Å². The molecule has 12 heteroatoms. The lowest BCUT2D eigenvalue weighted by Crippen LogP contribution is -2.35. The van der Waals surface area contributed by atoms with Crippen molar-refractivity contribution in [2.45, 2.75) is 57.8 Å². The molecule has 7 nitrogen and oxygen atoms in total. The Labute approximate surface area is 226 Å². The van der Waals surface area contributed by atoms with Crippen molar-refractivity contribution < 1.29 is 27.5 Å². The highest BCUT2D eigenvalue weighted by atomic mass is 35.5. The summed E-state index contributed by atoms with van der Waals surface area (Å²) in [5.41, 5.74) is 1.45. The fraction of sp³-hybridized carbons (Fsp3) is 0.423. The van der Waals surface area contributed by atoms with Crippen molar-refractivity contribution in [1.29, 1.82) is 0 Å². The van der Waals surface area contributed by atoms with E-state index in [2.05, 4.69) is 22.7 Å². The first-order valence-corrected chi connectivity index (χ1v) is 13.6. The monoisotopic (exact) mass is 566 g/mol. The van der Waals surface area contributed by atoms with Gasteiger partial charge in [-0.2, -0.15) is 18.3 Å². The number of hydrogen-bond donors (Lipinski definition) is 2. The fourth-order valence-corrected chi connectivity index (χ4v) is 6.72. The molecule has 2 N–H and O–H groups in total. The number of carbonyl (C=O) groups is 2. The first-order chi connectivity index (χ1) is 18.1. The van der Waals surface area contributed by atoms with Crippen LogP contribution in [0.25, 0.3) is 0 Å². The number of rotatable bonds is 5. The standard InChI is InChI=1S/C26H26ClF3N4O3S/c1-3-37-25(36)19-15-10-9-13(2)11-17(15)38-24(19)32-23(35)21-20(27)22-31-16(14-7-5-4-6-8-14)12-18(26(28,29)30)34(22)33-21/h4-8,13,16,18,31H,3,9-12H2,1-2H3,(H,32,35)/t13-,16+,18-/m1/s1. The van der Waals surface area contributed by atoms with Crippen LogP contribution in [0.1, 0.15) is 75.6 Å². The lowest BCUT2D eigenvalue weighted by atomic mass is 9.88. The number of amides is 1. The smallest absolute Gasteiger partial charge is 0.410 e. The number of aromatic nitrogens is 2. The Morgan fingerprint density at radius 3 is 2.71 bits per heavy atom. The summed E-state index contributed by atoms with van der Waals surface area (Å²) in [5.74, 6) is -0.996. The lowest BCUT2D eigenvalue weighted by Gasteiger charge is -2.33. The van der Waals surface area contributed by atoms with Crippen molar-refractivity contribution in [3.05, 3.63) is 62.6 Å². The van der Waals surface area contributed by atoms with Crippen LogP contribution in [-0.2, 0) is 17.6 Å². The van der Waals surface area contributed by atoms with Crippen LogP contribution in [0.15, 0.2) is 30.3 Å². The maximum absolute atomic E-state index is 14.1. The van der Waals surface area contributed by atoms with Gasteiger partial charge in [-0.3, -0.25) is 4.79 Å². The van der Waals surface area contributed by atoms with Gasteiger partial charge in [0, 0.05) is 11.3 Å². The van der Waals surface area contributed by atoms with Gasteiger partial charge in [-0.25, -0.2) is 9.48 Å². The average molecular weight is 567 g/mol. The van der Waals surface area contributed by atoms with Crippen molar-refractivity contribution >= 4 is 45.6 Å². The minimum absolute atomic E-state index is 0.0795. The number of esters is 1. The predicted octanol–water partition coefficient (Wildman–Crippen LogP) is 6.81. The number of carbonyl (C=O) groups excluding carboxylic acids is 2. The number of halogens is 4. The van der Waals surface area contributed by atoms with Crippen LogP contribution >= 0.6 is 22.9 Å². The van der Waals surface area contributed by atoms with Gasteiger partial charge in [-0.1, -0.05) is 48.9 Å². The molecule has 0 bridgehead atoms. The molecule has 0 radical (unpaired) electrons. The number of ether oxygens (including phenoxy) is 1. The topological polar surface area (TPSA) is 85.2 Å².